The highest BCUT2D eigenvalue weighted by molar-refractivity contribution is 7.12. The van der Waals surface area contributed by atoms with Gasteiger partial charge in [-0.15, -0.1) is 11.3 Å². The monoisotopic (exact) mass is 153 g/mol. The van der Waals surface area contributed by atoms with Crippen molar-refractivity contribution in [3.05, 3.63) is 21.9 Å². The van der Waals surface area contributed by atoms with Crippen LogP contribution in [0.3, 0.4) is 0 Å². The lowest BCUT2D eigenvalue weighted by Gasteiger charge is -1.87. The number of rotatable bonds is 1. The molecular formula is C8H11NS. The molecule has 1 saturated carbocycles. The summed E-state index contributed by atoms with van der Waals surface area (Å²) in [6, 6.07) is 4.83. The zero-order chi connectivity index (χ0) is 7.14. The van der Waals surface area contributed by atoms with E-state index < -0.39 is 0 Å². The van der Waals surface area contributed by atoms with E-state index in [1.165, 1.54) is 16.2 Å². The lowest BCUT2D eigenvalue weighted by atomic mass is 10.3. The maximum Gasteiger partial charge on any atom is 0.0123 e. The zero-order valence-electron chi connectivity index (χ0n) is 6.00. The molecule has 2 rings (SSSR count). The molecular weight excluding hydrogens is 142 g/mol. The number of hydrogen-bond donors (Lipinski definition) is 1. The zero-order valence-corrected chi connectivity index (χ0v) is 6.82. The Morgan fingerprint density at radius 3 is 2.70 bits per heavy atom. The van der Waals surface area contributed by atoms with Gasteiger partial charge < -0.3 is 5.73 Å². The van der Waals surface area contributed by atoms with Gasteiger partial charge in [0.1, 0.15) is 0 Å². The highest BCUT2D eigenvalue weighted by atomic mass is 32.1. The van der Waals surface area contributed by atoms with E-state index in [1.807, 2.05) is 11.3 Å². The molecule has 0 amide bonds. The molecule has 0 saturated heterocycles. The summed E-state index contributed by atoms with van der Waals surface area (Å²) in [5.74, 6) is 0.693. The molecule has 2 atom stereocenters. The maximum absolute atomic E-state index is 5.71. The first-order valence-electron chi connectivity index (χ1n) is 3.59. The van der Waals surface area contributed by atoms with Crippen LogP contribution in [0.15, 0.2) is 12.1 Å². The third kappa shape index (κ3) is 0.976. The predicted octanol–water partition coefficient (Wildman–Crippen LogP) is 1.87. The molecule has 1 aliphatic rings. The van der Waals surface area contributed by atoms with E-state index in [0.717, 1.165) is 0 Å². The van der Waals surface area contributed by atoms with Crippen LogP contribution >= 0.6 is 11.3 Å². The van der Waals surface area contributed by atoms with E-state index in [1.54, 1.807) is 0 Å². The highest BCUT2D eigenvalue weighted by Crippen LogP contribution is 2.41. The van der Waals surface area contributed by atoms with E-state index in [2.05, 4.69) is 19.1 Å². The molecule has 1 heterocycles. The highest BCUT2D eigenvalue weighted by Gasteiger charge is 2.35. The van der Waals surface area contributed by atoms with Crippen LogP contribution in [0, 0.1) is 6.92 Å². The Morgan fingerprint density at radius 2 is 2.30 bits per heavy atom. The number of hydrogen-bond acceptors (Lipinski definition) is 2. The Balaban J connectivity index is 2.20. The number of nitrogens with two attached hydrogens (primary N) is 1. The van der Waals surface area contributed by atoms with Gasteiger partial charge in [-0.1, -0.05) is 0 Å². The van der Waals surface area contributed by atoms with E-state index in [-0.39, 0.29) is 0 Å². The summed E-state index contributed by atoms with van der Waals surface area (Å²) in [5.41, 5.74) is 5.71. The van der Waals surface area contributed by atoms with Gasteiger partial charge in [-0.2, -0.15) is 0 Å². The molecule has 1 fully saturated rings. The first kappa shape index (κ1) is 6.38. The molecule has 2 N–H and O–H groups in total. The van der Waals surface area contributed by atoms with Crippen molar-refractivity contribution in [2.24, 2.45) is 5.73 Å². The van der Waals surface area contributed by atoms with Crippen molar-refractivity contribution in [2.75, 3.05) is 0 Å². The van der Waals surface area contributed by atoms with Gasteiger partial charge in [-0.25, -0.2) is 0 Å². The average molecular weight is 153 g/mol. The van der Waals surface area contributed by atoms with Gasteiger partial charge in [0, 0.05) is 21.7 Å². The quantitative estimate of drug-likeness (QED) is 0.655. The molecule has 0 radical (unpaired) electrons. The second-order valence-corrected chi connectivity index (χ2v) is 4.27. The summed E-state index contributed by atoms with van der Waals surface area (Å²) in [6.45, 7) is 2.14. The number of thiophene rings is 1. The van der Waals surface area contributed by atoms with Gasteiger partial charge in [0.25, 0.3) is 0 Å². The largest absolute Gasteiger partial charge is 0.327 e. The van der Waals surface area contributed by atoms with Crippen molar-refractivity contribution >= 4 is 11.3 Å². The third-order valence-electron chi connectivity index (χ3n) is 1.97. The summed E-state index contributed by atoms with van der Waals surface area (Å²) in [5, 5.41) is 0. The molecule has 54 valence electrons. The van der Waals surface area contributed by atoms with Crippen molar-refractivity contribution in [3.8, 4) is 0 Å². The van der Waals surface area contributed by atoms with Crippen molar-refractivity contribution in [2.45, 2.75) is 25.3 Å². The van der Waals surface area contributed by atoms with Crippen LogP contribution in [0.2, 0.25) is 0 Å². The Hall–Kier alpha value is -0.340. The summed E-state index contributed by atoms with van der Waals surface area (Å²) in [6.07, 6.45) is 1.19. The molecule has 0 unspecified atom stereocenters. The Bertz CT molecular complexity index is 241. The summed E-state index contributed by atoms with van der Waals surface area (Å²) < 4.78 is 0. The predicted molar refractivity (Wildman–Crippen MR) is 44.4 cm³/mol. The minimum atomic E-state index is 0.457. The van der Waals surface area contributed by atoms with E-state index in [4.69, 9.17) is 5.73 Å². The van der Waals surface area contributed by atoms with Gasteiger partial charge in [0.15, 0.2) is 0 Å². The first-order chi connectivity index (χ1) is 4.77. The molecule has 0 aliphatic heterocycles. The topological polar surface area (TPSA) is 26.0 Å². The van der Waals surface area contributed by atoms with Crippen LogP contribution in [0.1, 0.15) is 22.1 Å². The van der Waals surface area contributed by atoms with Gasteiger partial charge in [-0.05, 0) is 25.5 Å². The molecule has 2 heteroatoms. The normalized spacial score (nSPS) is 30.6. The minimum Gasteiger partial charge on any atom is -0.327 e. The summed E-state index contributed by atoms with van der Waals surface area (Å²) in [4.78, 5) is 2.87. The van der Waals surface area contributed by atoms with Crippen molar-refractivity contribution in [3.63, 3.8) is 0 Å². The third-order valence-corrected chi connectivity index (χ3v) is 3.10. The molecule has 1 aromatic heterocycles. The molecule has 1 aliphatic carbocycles. The molecule has 0 bridgehead atoms. The Labute approximate surface area is 64.9 Å². The van der Waals surface area contributed by atoms with Crippen LogP contribution in [0.25, 0.3) is 0 Å². The van der Waals surface area contributed by atoms with Crippen molar-refractivity contribution < 1.29 is 0 Å². The van der Waals surface area contributed by atoms with Gasteiger partial charge in [-0.3, -0.25) is 0 Å². The summed E-state index contributed by atoms with van der Waals surface area (Å²) >= 11 is 1.88. The maximum atomic E-state index is 5.71. The molecule has 10 heavy (non-hydrogen) atoms. The van der Waals surface area contributed by atoms with Crippen molar-refractivity contribution in [1.82, 2.24) is 0 Å². The van der Waals surface area contributed by atoms with Gasteiger partial charge >= 0.3 is 0 Å². The number of aryl methyl sites for hydroxylation is 1. The molecule has 0 aromatic carbocycles. The fourth-order valence-electron chi connectivity index (χ4n) is 1.19. The Kier molecular flexibility index (Phi) is 1.32. The smallest absolute Gasteiger partial charge is 0.0123 e. The van der Waals surface area contributed by atoms with Crippen LogP contribution in [0.5, 0.6) is 0 Å². The fourth-order valence-corrected chi connectivity index (χ4v) is 2.26. The van der Waals surface area contributed by atoms with E-state index in [9.17, 15) is 0 Å². The second-order valence-electron chi connectivity index (χ2n) is 2.95. The molecule has 1 nitrogen and oxygen atoms in total. The fraction of sp³-hybridized carbons (Fsp3) is 0.500. The Morgan fingerprint density at radius 1 is 1.60 bits per heavy atom. The minimum absolute atomic E-state index is 0.457. The lowest BCUT2D eigenvalue weighted by Crippen LogP contribution is -1.99. The van der Waals surface area contributed by atoms with E-state index in [0.29, 0.717) is 12.0 Å². The average Bonchev–Trinajstić information content (AvgIpc) is 2.42. The lowest BCUT2D eigenvalue weighted by molar-refractivity contribution is 1.01. The van der Waals surface area contributed by atoms with Gasteiger partial charge in [0.2, 0.25) is 0 Å². The standard InChI is InChI=1S/C8H11NS/c1-5-2-3-8(10-5)6-4-7(6)9/h2-3,6-7H,4,9H2,1H3/t6-,7+/m1/s1. The van der Waals surface area contributed by atoms with Gasteiger partial charge in [0.05, 0.1) is 0 Å². The van der Waals surface area contributed by atoms with Crippen LogP contribution < -0.4 is 5.73 Å². The van der Waals surface area contributed by atoms with Crippen LogP contribution in [-0.2, 0) is 0 Å². The first-order valence-corrected chi connectivity index (χ1v) is 4.41. The SMILES string of the molecule is Cc1ccc([C@@H]2C[C@@H]2N)s1. The van der Waals surface area contributed by atoms with E-state index >= 15 is 0 Å². The molecule has 1 aromatic rings. The van der Waals surface area contributed by atoms with Crippen LogP contribution in [0.4, 0.5) is 0 Å². The molecule has 0 spiro atoms. The van der Waals surface area contributed by atoms with Crippen LogP contribution in [-0.4, -0.2) is 6.04 Å². The second kappa shape index (κ2) is 2.07. The summed E-state index contributed by atoms with van der Waals surface area (Å²) in [7, 11) is 0. The van der Waals surface area contributed by atoms with Crippen molar-refractivity contribution in [1.29, 1.82) is 0 Å².